The Bertz CT molecular complexity index is 224. The van der Waals surface area contributed by atoms with Gasteiger partial charge in [-0.1, -0.05) is 54.4 Å². The molecule has 0 saturated carbocycles. The number of carboxylic acid groups (broad SMARTS) is 1. The minimum atomic E-state index is -1.15. The molecule has 0 amide bonds. The van der Waals surface area contributed by atoms with E-state index in [4.69, 9.17) is 9.84 Å². The van der Waals surface area contributed by atoms with Crippen LogP contribution in [0.25, 0.3) is 0 Å². The summed E-state index contributed by atoms with van der Waals surface area (Å²) < 4.78 is 5.06. The van der Waals surface area contributed by atoms with Crippen LogP contribution in [0.2, 0.25) is 0 Å². The number of hydrogen-bond acceptors (Lipinski definition) is 3. The fourth-order valence-electron chi connectivity index (χ4n) is 1.36. The number of unbranched alkanes of at least 4 members (excludes halogenated alkanes) is 1. The van der Waals surface area contributed by atoms with Gasteiger partial charge in [0.2, 0.25) is 0 Å². The standard InChI is InChI=1S/C10H18O4.C4H10/c1-6(2)10(7(3)4)14-9(13)5-8(11)12;1-3-4-2/h6-7,10H,5H2,1-4H3,(H,11,12);3-4H2,1-2H3. The molecule has 0 spiro atoms. The van der Waals surface area contributed by atoms with E-state index in [0.717, 1.165) is 0 Å². The maximum absolute atomic E-state index is 11.1. The Labute approximate surface area is 111 Å². The molecule has 0 aromatic carbocycles. The molecule has 0 heterocycles. The van der Waals surface area contributed by atoms with Crippen LogP contribution in [0, 0.1) is 11.8 Å². The zero-order valence-corrected chi connectivity index (χ0v) is 12.5. The molecule has 4 nitrogen and oxygen atoms in total. The van der Waals surface area contributed by atoms with E-state index in [-0.39, 0.29) is 17.9 Å². The average molecular weight is 260 g/mol. The molecule has 0 fully saturated rings. The van der Waals surface area contributed by atoms with Crippen LogP contribution in [-0.2, 0) is 14.3 Å². The second-order valence-electron chi connectivity index (χ2n) is 5.01. The van der Waals surface area contributed by atoms with Crippen molar-refractivity contribution < 1.29 is 19.4 Å². The molecule has 0 radical (unpaired) electrons. The van der Waals surface area contributed by atoms with E-state index in [1.807, 2.05) is 27.7 Å². The first-order chi connectivity index (χ1) is 8.26. The lowest BCUT2D eigenvalue weighted by Crippen LogP contribution is -2.29. The topological polar surface area (TPSA) is 63.6 Å². The monoisotopic (exact) mass is 260 g/mol. The lowest BCUT2D eigenvalue weighted by atomic mass is 9.96. The highest BCUT2D eigenvalue weighted by molar-refractivity contribution is 5.90. The van der Waals surface area contributed by atoms with Crippen LogP contribution >= 0.6 is 0 Å². The van der Waals surface area contributed by atoms with E-state index in [1.54, 1.807) is 0 Å². The number of carboxylic acids is 1. The highest BCUT2D eigenvalue weighted by Gasteiger charge is 2.22. The highest BCUT2D eigenvalue weighted by atomic mass is 16.5. The molecule has 0 atom stereocenters. The summed E-state index contributed by atoms with van der Waals surface area (Å²) in [6.07, 6.45) is 1.87. The minimum Gasteiger partial charge on any atom is -0.481 e. The second-order valence-corrected chi connectivity index (χ2v) is 5.01. The molecular formula is C14H28O4. The molecule has 0 unspecified atom stereocenters. The van der Waals surface area contributed by atoms with Crippen molar-refractivity contribution in [2.75, 3.05) is 0 Å². The predicted octanol–water partition coefficient (Wildman–Crippen LogP) is 3.49. The van der Waals surface area contributed by atoms with Crippen LogP contribution < -0.4 is 0 Å². The summed E-state index contributed by atoms with van der Waals surface area (Å²) in [5.41, 5.74) is 0. The molecule has 0 aliphatic heterocycles. The molecule has 0 aromatic heterocycles. The van der Waals surface area contributed by atoms with Crippen molar-refractivity contribution >= 4 is 11.9 Å². The summed E-state index contributed by atoms with van der Waals surface area (Å²) >= 11 is 0. The quantitative estimate of drug-likeness (QED) is 0.586. The van der Waals surface area contributed by atoms with Gasteiger partial charge in [0.05, 0.1) is 0 Å². The number of hydrogen-bond donors (Lipinski definition) is 1. The first-order valence-electron chi connectivity index (χ1n) is 6.67. The largest absolute Gasteiger partial charge is 0.481 e. The van der Waals surface area contributed by atoms with Gasteiger partial charge in [-0.15, -0.1) is 0 Å². The average Bonchev–Trinajstić information content (AvgIpc) is 2.24. The first-order valence-corrected chi connectivity index (χ1v) is 6.67. The fraction of sp³-hybridized carbons (Fsp3) is 0.857. The van der Waals surface area contributed by atoms with Gasteiger partial charge >= 0.3 is 11.9 Å². The summed E-state index contributed by atoms with van der Waals surface area (Å²) in [5, 5.41) is 8.37. The second kappa shape index (κ2) is 11.1. The van der Waals surface area contributed by atoms with E-state index in [1.165, 1.54) is 12.8 Å². The summed E-state index contributed by atoms with van der Waals surface area (Å²) in [5.74, 6) is -1.41. The van der Waals surface area contributed by atoms with Gasteiger partial charge in [-0.2, -0.15) is 0 Å². The Morgan fingerprint density at radius 1 is 1.00 bits per heavy atom. The Balaban J connectivity index is 0. The van der Waals surface area contributed by atoms with Crippen molar-refractivity contribution in [2.24, 2.45) is 11.8 Å². The minimum absolute atomic E-state index is 0.202. The molecule has 0 aromatic rings. The van der Waals surface area contributed by atoms with Crippen LogP contribution in [0.3, 0.4) is 0 Å². The lowest BCUT2D eigenvalue weighted by molar-refractivity contribution is -0.158. The van der Waals surface area contributed by atoms with E-state index in [9.17, 15) is 9.59 Å². The van der Waals surface area contributed by atoms with Crippen molar-refractivity contribution in [3.05, 3.63) is 0 Å². The van der Waals surface area contributed by atoms with Gasteiger partial charge in [0.1, 0.15) is 12.5 Å². The van der Waals surface area contributed by atoms with Gasteiger partial charge in [-0.3, -0.25) is 9.59 Å². The van der Waals surface area contributed by atoms with Crippen molar-refractivity contribution in [3.63, 3.8) is 0 Å². The third-order valence-corrected chi connectivity index (χ3v) is 2.38. The molecule has 108 valence electrons. The van der Waals surface area contributed by atoms with Crippen molar-refractivity contribution in [1.82, 2.24) is 0 Å². The van der Waals surface area contributed by atoms with Crippen LogP contribution in [-0.4, -0.2) is 23.1 Å². The smallest absolute Gasteiger partial charge is 0.317 e. The van der Waals surface area contributed by atoms with Crippen molar-refractivity contribution in [1.29, 1.82) is 0 Å². The lowest BCUT2D eigenvalue weighted by Gasteiger charge is -2.24. The van der Waals surface area contributed by atoms with Crippen LogP contribution in [0.4, 0.5) is 0 Å². The fourth-order valence-corrected chi connectivity index (χ4v) is 1.36. The molecule has 4 heteroatoms. The number of carbonyl (C=O) groups excluding carboxylic acids is 1. The van der Waals surface area contributed by atoms with Gasteiger partial charge in [0.15, 0.2) is 0 Å². The van der Waals surface area contributed by atoms with E-state index in [2.05, 4.69) is 13.8 Å². The van der Waals surface area contributed by atoms with Gasteiger partial charge in [0, 0.05) is 0 Å². The SMILES string of the molecule is CC(C)C(OC(=O)CC(=O)O)C(C)C.CCCC. The number of aliphatic carboxylic acids is 1. The summed E-state index contributed by atoms with van der Waals surface area (Å²) in [7, 11) is 0. The molecule has 1 N–H and O–H groups in total. The number of ether oxygens (including phenoxy) is 1. The first kappa shape index (κ1) is 19.3. The summed E-state index contributed by atoms with van der Waals surface area (Å²) in [6.45, 7) is 12.1. The number of rotatable bonds is 6. The normalized spacial score (nSPS) is 10.3. The van der Waals surface area contributed by atoms with Gasteiger partial charge in [-0.25, -0.2) is 0 Å². The maximum Gasteiger partial charge on any atom is 0.317 e. The van der Waals surface area contributed by atoms with Crippen LogP contribution in [0.1, 0.15) is 60.8 Å². The van der Waals surface area contributed by atoms with E-state index < -0.39 is 18.4 Å². The van der Waals surface area contributed by atoms with Gasteiger partial charge in [-0.05, 0) is 11.8 Å². The van der Waals surface area contributed by atoms with Crippen molar-refractivity contribution in [3.8, 4) is 0 Å². The molecular weight excluding hydrogens is 232 g/mol. The molecule has 0 aliphatic carbocycles. The third kappa shape index (κ3) is 11.4. The highest BCUT2D eigenvalue weighted by Crippen LogP contribution is 2.16. The Morgan fingerprint density at radius 3 is 1.61 bits per heavy atom. The van der Waals surface area contributed by atoms with Crippen LogP contribution in [0.5, 0.6) is 0 Å². The Morgan fingerprint density at radius 2 is 1.39 bits per heavy atom. The van der Waals surface area contributed by atoms with E-state index in [0.29, 0.717) is 0 Å². The molecule has 0 saturated heterocycles. The summed E-state index contributed by atoms with van der Waals surface area (Å²) in [4.78, 5) is 21.3. The number of carbonyl (C=O) groups is 2. The van der Waals surface area contributed by atoms with E-state index >= 15 is 0 Å². The number of esters is 1. The molecule has 0 bridgehead atoms. The van der Waals surface area contributed by atoms with Gasteiger partial charge < -0.3 is 9.84 Å². The maximum atomic E-state index is 11.1. The molecule has 18 heavy (non-hydrogen) atoms. The molecule has 0 aliphatic rings. The zero-order valence-electron chi connectivity index (χ0n) is 12.5. The molecule has 0 rings (SSSR count). The predicted molar refractivity (Wildman–Crippen MR) is 72.4 cm³/mol. The Hall–Kier alpha value is -1.06. The Kier molecular flexibility index (Phi) is 11.8. The third-order valence-electron chi connectivity index (χ3n) is 2.38. The van der Waals surface area contributed by atoms with Crippen molar-refractivity contribution in [2.45, 2.75) is 66.9 Å². The van der Waals surface area contributed by atoms with Crippen LogP contribution in [0.15, 0.2) is 0 Å². The zero-order chi connectivity index (χ0) is 14.7. The van der Waals surface area contributed by atoms with Gasteiger partial charge in [0.25, 0.3) is 0 Å². The summed E-state index contributed by atoms with van der Waals surface area (Å²) in [6, 6.07) is 0.